The fourth-order valence-electron chi connectivity index (χ4n) is 1.34. The summed E-state index contributed by atoms with van der Waals surface area (Å²) >= 11 is 3.07. The van der Waals surface area contributed by atoms with Gasteiger partial charge in [0.2, 0.25) is 0 Å². The van der Waals surface area contributed by atoms with E-state index in [1.165, 1.54) is 6.20 Å². The summed E-state index contributed by atoms with van der Waals surface area (Å²) in [6, 6.07) is 0. The fraction of sp³-hybridized carbons (Fsp3) is 0.400. The average Bonchev–Trinajstić information content (AvgIpc) is 2.28. The smallest absolute Gasteiger partial charge is 0.357 e. The maximum Gasteiger partial charge on any atom is 0.357 e. The molecule has 0 saturated heterocycles. The second-order valence-electron chi connectivity index (χ2n) is 3.07. The lowest BCUT2D eigenvalue weighted by Crippen LogP contribution is -2.15. The molecular weight excluding hydrogens is 298 g/mol. The Balaban J connectivity index is 3.35. The maximum atomic E-state index is 12.9. The first-order chi connectivity index (χ1) is 8.02. The summed E-state index contributed by atoms with van der Waals surface area (Å²) in [4.78, 5) is 15.1. The van der Waals surface area contributed by atoms with Crippen molar-refractivity contribution in [2.45, 2.75) is 19.9 Å². The van der Waals surface area contributed by atoms with Gasteiger partial charge >= 0.3 is 5.97 Å². The molecule has 0 aromatic carbocycles. The molecule has 1 aromatic rings. The molecule has 0 amide bonds. The van der Waals surface area contributed by atoms with Gasteiger partial charge in [-0.3, -0.25) is 0 Å². The van der Waals surface area contributed by atoms with Gasteiger partial charge in [0.15, 0.2) is 5.69 Å². The number of aromatic nitrogens is 1. The van der Waals surface area contributed by atoms with Crippen molar-refractivity contribution in [3.05, 3.63) is 27.5 Å². The summed E-state index contributed by atoms with van der Waals surface area (Å²) < 4.78 is 30.9. The molecule has 2 N–H and O–H groups in total. The predicted molar refractivity (Wildman–Crippen MR) is 60.7 cm³/mol. The highest BCUT2D eigenvalue weighted by Crippen LogP contribution is 2.30. The van der Waals surface area contributed by atoms with E-state index in [1.54, 1.807) is 6.92 Å². The van der Waals surface area contributed by atoms with Gasteiger partial charge in [0, 0.05) is 17.2 Å². The molecule has 0 aliphatic carbocycles. The van der Waals surface area contributed by atoms with E-state index in [-0.39, 0.29) is 24.4 Å². The van der Waals surface area contributed by atoms with Crippen molar-refractivity contribution in [2.75, 3.05) is 6.61 Å². The average molecular weight is 309 g/mol. The zero-order chi connectivity index (χ0) is 13.0. The number of pyridine rings is 1. The van der Waals surface area contributed by atoms with Crippen LogP contribution in [0.4, 0.5) is 8.78 Å². The number of halogens is 3. The highest BCUT2D eigenvalue weighted by molar-refractivity contribution is 9.10. The molecule has 0 fully saturated rings. The number of alkyl halides is 2. The van der Waals surface area contributed by atoms with E-state index in [9.17, 15) is 13.6 Å². The fourth-order valence-corrected chi connectivity index (χ4v) is 1.82. The third-order valence-electron chi connectivity index (χ3n) is 2.07. The molecule has 0 bridgehead atoms. The Bertz CT molecular complexity index is 427. The van der Waals surface area contributed by atoms with Gasteiger partial charge in [0.1, 0.15) is 0 Å². The van der Waals surface area contributed by atoms with Crippen LogP contribution in [-0.2, 0) is 11.3 Å². The first kappa shape index (κ1) is 14.0. The number of carbonyl (C=O) groups excluding carboxylic acids is 1. The Morgan fingerprint density at radius 2 is 2.29 bits per heavy atom. The molecule has 0 saturated carbocycles. The van der Waals surface area contributed by atoms with Gasteiger partial charge in [-0.05, 0) is 28.4 Å². The first-order valence-electron chi connectivity index (χ1n) is 4.85. The summed E-state index contributed by atoms with van der Waals surface area (Å²) in [7, 11) is 0. The number of rotatable bonds is 4. The molecule has 0 atom stereocenters. The van der Waals surface area contributed by atoms with E-state index in [0.717, 1.165) is 0 Å². The lowest BCUT2D eigenvalue weighted by Gasteiger charge is -2.12. The van der Waals surface area contributed by atoms with Gasteiger partial charge in [0.05, 0.1) is 12.2 Å². The van der Waals surface area contributed by atoms with E-state index in [1.807, 2.05) is 0 Å². The molecular formula is C10H11BrF2N2O2. The van der Waals surface area contributed by atoms with Crippen LogP contribution >= 0.6 is 15.9 Å². The van der Waals surface area contributed by atoms with E-state index in [0.29, 0.717) is 4.47 Å². The van der Waals surface area contributed by atoms with Crippen LogP contribution in [0.1, 0.15) is 35.0 Å². The Morgan fingerprint density at radius 3 is 2.76 bits per heavy atom. The predicted octanol–water partition coefficient (Wildman–Crippen LogP) is 2.42. The first-order valence-corrected chi connectivity index (χ1v) is 5.64. The number of ether oxygens (including phenoxy) is 1. The maximum absolute atomic E-state index is 12.9. The number of carbonyl (C=O) groups is 1. The van der Waals surface area contributed by atoms with Crippen molar-refractivity contribution in [2.24, 2.45) is 5.73 Å². The molecule has 0 aliphatic heterocycles. The van der Waals surface area contributed by atoms with Gasteiger partial charge in [-0.15, -0.1) is 0 Å². The van der Waals surface area contributed by atoms with Crippen LogP contribution < -0.4 is 5.73 Å². The van der Waals surface area contributed by atoms with Crippen LogP contribution in [0.5, 0.6) is 0 Å². The third kappa shape index (κ3) is 2.98. The van der Waals surface area contributed by atoms with Crippen molar-refractivity contribution >= 4 is 21.9 Å². The van der Waals surface area contributed by atoms with Crippen molar-refractivity contribution in [3.63, 3.8) is 0 Å². The second kappa shape index (κ2) is 6.02. The minimum atomic E-state index is -2.84. The van der Waals surface area contributed by atoms with Crippen LogP contribution in [0.2, 0.25) is 0 Å². The Kier molecular flexibility index (Phi) is 4.95. The second-order valence-corrected chi connectivity index (χ2v) is 3.93. The molecule has 0 aliphatic rings. The molecule has 0 radical (unpaired) electrons. The van der Waals surface area contributed by atoms with Crippen LogP contribution in [0.15, 0.2) is 10.7 Å². The van der Waals surface area contributed by atoms with Crippen molar-refractivity contribution in [1.29, 1.82) is 0 Å². The summed E-state index contributed by atoms with van der Waals surface area (Å²) in [5, 5.41) is 0. The van der Waals surface area contributed by atoms with Crippen LogP contribution in [0, 0.1) is 0 Å². The highest BCUT2D eigenvalue weighted by atomic mass is 79.9. The molecule has 1 aromatic heterocycles. The van der Waals surface area contributed by atoms with E-state index in [4.69, 9.17) is 5.73 Å². The van der Waals surface area contributed by atoms with Crippen LogP contribution in [-0.4, -0.2) is 17.6 Å². The Hall–Kier alpha value is -1.08. The molecule has 0 unspecified atom stereocenters. The van der Waals surface area contributed by atoms with Crippen LogP contribution in [0.3, 0.4) is 0 Å². The van der Waals surface area contributed by atoms with Crippen molar-refractivity contribution < 1.29 is 18.3 Å². The number of nitrogens with two attached hydrogens (primary N) is 1. The summed E-state index contributed by atoms with van der Waals surface area (Å²) in [5.41, 5.74) is 4.70. The molecule has 7 heteroatoms. The largest absolute Gasteiger partial charge is 0.461 e. The van der Waals surface area contributed by atoms with Crippen molar-refractivity contribution in [3.8, 4) is 0 Å². The van der Waals surface area contributed by atoms with E-state index >= 15 is 0 Å². The standard InChI is InChI=1S/C10H11BrF2N2O2/c1-2-17-10(16)8-7(9(12)13)5(3-14)6(11)4-15-8/h4,9H,2-3,14H2,1H3. The quantitative estimate of drug-likeness (QED) is 0.868. The topological polar surface area (TPSA) is 65.2 Å². The van der Waals surface area contributed by atoms with Gasteiger partial charge in [-0.25, -0.2) is 18.6 Å². The molecule has 4 nitrogen and oxygen atoms in total. The van der Waals surface area contributed by atoms with Gasteiger partial charge < -0.3 is 10.5 Å². The molecule has 94 valence electrons. The number of nitrogens with zero attached hydrogens (tertiary/aromatic N) is 1. The van der Waals surface area contributed by atoms with Gasteiger partial charge in [-0.2, -0.15) is 0 Å². The molecule has 17 heavy (non-hydrogen) atoms. The highest BCUT2D eigenvalue weighted by Gasteiger charge is 2.25. The zero-order valence-electron chi connectivity index (χ0n) is 9.04. The normalized spacial score (nSPS) is 10.7. The Labute approximate surface area is 105 Å². The van der Waals surface area contributed by atoms with E-state index < -0.39 is 18.0 Å². The zero-order valence-corrected chi connectivity index (χ0v) is 10.6. The molecule has 1 rings (SSSR count). The van der Waals surface area contributed by atoms with Crippen molar-refractivity contribution in [1.82, 2.24) is 4.98 Å². The lowest BCUT2D eigenvalue weighted by molar-refractivity contribution is 0.0507. The third-order valence-corrected chi connectivity index (χ3v) is 2.75. The minimum absolute atomic E-state index is 0.0945. The SMILES string of the molecule is CCOC(=O)c1ncc(Br)c(CN)c1C(F)F. The summed E-state index contributed by atoms with van der Waals surface area (Å²) in [5.74, 6) is -0.870. The van der Waals surface area contributed by atoms with Gasteiger partial charge in [-0.1, -0.05) is 0 Å². The number of hydrogen-bond donors (Lipinski definition) is 1. The monoisotopic (exact) mass is 308 g/mol. The summed E-state index contributed by atoms with van der Waals surface area (Å²) in [6.07, 6.45) is -1.57. The molecule has 0 spiro atoms. The lowest BCUT2D eigenvalue weighted by atomic mass is 10.1. The van der Waals surface area contributed by atoms with Crippen LogP contribution in [0.25, 0.3) is 0 Å². The van der Waals surface area contributed by atoms with E-state index in [2.05, 4.69) is 25.7 Å². The minimum Gasteiger partial charge on any atom is -0.461 e. The summed E-state index contributed by atoms with van der Waals surface area (Å²) in [6.45, 7) is 1.56. The van der Waals surface area contributed by atoms with Gasteiger partial charge in [0.25, 0.3) is 6.43 Å². The number of esters is 1. The number of hydrogen-bond acceptors (Lipinski definition) is 4. The Morgan fingerprint density at radius 1 is 1.65 bits per heavy atom. The molecule has 1 heterocycles.